The van der Waals surface area contributed by atoms with Crippen LogP contribution in [-0.4, -0.2) is 19.9 Å². The van der Waals surface area contributed by atoms with E-state index >= 15 is 0 Å². The smallest absolute Gasteiger partial charge is 0.240 e. The fourth-order valence-corrected chi connectivity index (χ4v) is 4.95. The van der Waals surface area contributed by atoms with Crippen LogP contribution >= 0.6 is 11.3 Å². The van der Waals surface area contributed by atoms with E-state index in [1.54, 1.807) is 17.4 Å². The summed E-state index contributed by atoms with van der Waals surface area (Å²) in [5.41, 5.74) is 4.81. The fraction of sp³-hybridized carbons (Fsp3) is 0.250. The van der Waals surface area contributed by atoms with E-state index in [4.69, 9.17) is 0 Å². The van der Waals surface area contributed by atoms with Crippen LogP contribution in [0.2, 0.25) is 0 Å². The molecule has 2 aromatic carbocycles. The summed E-state index contributed by atoms with van der Waals surface area (Å²) in [6, 6.07) is 13.6. The molecule has 1 aromatic heterocycles. The van der Waals surface area contributed by atoms with E-state index in [9.17, 15) is 8.42 Å². The number of benzene rings is 2. The van der Waals surface area contributed by atoms with E-state index in [1.807, 2.05) is 62.5 Å². The first-order chi connectivity index (χ1) is 12.4. The normalized spacial score (nSPS) is 11.7. The molecule has 0 aliphatic heterocycles. The summed E-state index contributed by atoms with van der Waals surface area (Å²) in [6.07, 6.45) is 0.562. The van der Waals surface area contributed by atoms with Crippen LogP contribution in [0.3, 0.4) is 0 Å². The summed E-state index contributed by atoms with van der Waals surface area (Å²) >= 11 is 1.57. The monoisotopic (exact) mass is 386 g/mol. The summed E-state index contributed by atoms with van der Waals surface area (Å²) in [5.74, 6) is 0. The van der Waals surface area contributed by atoms with Crippen LogP contribution in [0, 0.1) is 20.8 Å². The highest BCUT2D eigenvalue weighted by molar-refractivity contribution is 7.89. The number of thiazole rings is 1. The van der Waals surface area contributed by atoms with Gasteiger partial charge in [0.25, 0.3) is 0 Å². The Bertz CT molecular complexity index is 1010. The van der Waals surface area contributed by atoms with Gasteiger partial charge in [-0.1, -0.05) is 36.4 Å². The van der Waals surface area contributed by atoms with Gasteiger partial charge in [-0.15, -0.1) is 11.3 Å². The Balaban J connectivity index is 1.66. The van der Waals surface area contributed by atoms with Crippen molar-refractivity contribution in [2.24, 2.45) is 0 Å². The maximum Gasteiger partial charge on any atom is 0.240 e. The van der Waals surface area contributed by atoms with Crippen LogP contribution < -0.4 is 4.72 Å². The lowest BCUT2D eigenvalue weighted by Crippen LogP contribution is -2.26. The SMILES string of the molecule is Cc1cc(C)c(S(=O)(=O)NCCc2csc(-c3ccccc3)n2)cc1C. The van der Waals surface area contributed by atoms with Gasteiger partial charge in [-0.05, 0) is 43.5 Å². The first kappa shape index (κ1) is 18.8. The Hall–Kier alpha value is -2.02. The van der Waals surface area contributed by atoms with Gasteiger partial charge < -0.3 is 0 Å². The molecule has 0 saturated heterocycles. The molecule has 0 amide bonds. The largest absolute Gasteiger partial charge is 0.241 e. The molecule has 0 saturated carbocycles. The van der Waals surface area contributed by atoms with E-state index < -0.39 is 10.0 Å². The predicted molar refractivity (Wildman–Crippen MR) is 107 cm³/mol. The number of nitrogens with zero attached hydrogens (tertiary/aromatic N) is 1. The molecule has 0 unspecified atom stereocenters. The van der Waals surface area contributed by atoms with E-state index in [0.29, 0.717) is 17.9 Å². The van der Waals surface area contributed by atoms with Crippen molar-refractivity contribution in [3.63, 3.8) is 0 Å². The highest BCUT2D eigenvalue weighted by atomic mass is 32.2. The van der Waals surface area contributed by atoms with Crippen LogP contribution in [0.25, 0.3) is 10.6 Å². The van der Waals surface area contributed by atoms with Crippen LogP contribution in [0.1, 0.15) is 22.4 Å². The van der Waals surface area contributed by atoms with Crippen LogP contribution in [-0.2, 0) is 16.4 Å². The first-order valence-electron chi connectivity index (χ1n) is 8.44. The van der Waals surface area contributed by atoms with Crippen molar-refractivity contribution >= 4 is 21.4 Å². The second-order valence-corrected chi connectivity index (χ2v) is 8.95. The van der Waals surface area contributed by atoms with Crippen LogP contribution in [0.15, 0.2) is 52.7 Å². The molecule has 1 N–H and O–H groups in total. The van der Waals surface area contributed by atoms with Crippen molar-refractivity contribution in [3.8, 4) is 10.6 Å². The zero-order valence-electron chi connectivity index (χ0n) is 15.1. The minimum Gasteiger partial charge on any atom is -0.241 e. The van der Waals surface area contributed by atoms with Crippen LogP contribution in [0.5, 0.6) is 0 Å². The standard InChI is InChI=1S/C20H22N2O2S2/c1-14-11-16(3)19(12-15(14)2)26(23,24)21-10-9-18-13-25-20(22-18)17-7-5-4-6-8-17/h4-8,11-13,21H,9-10H2,1-3H3. The molecule has 4 nitrogen and oxygen atoms in total. The molecule has 0 radical (unpaired) electrons. The Morgan fingerprint density at radius 2 is 1.69 bits per heavy atom. The van der Waals surface area contributed by atoms with E-state index in [1.165, 1.54) is 0 Å². The third kappa shape index (κ3) is 4.20. The first-order valence-corrected chi connectivity index (χ1v) is 10.8. The van der Waals surface area contributed by atoms with Crippen molar-refractivity contribution in [2.75, 3.05) is 6.54 Å². The van der Waals surface area contributed by atoms with Gasteiger partial charge in [0.15, 0.2) is 0 Å². The second-order valence-electron chi connectivity index (χ2n) is 6.36. The molecule has 0 atom stereocenters. The van der Waals surface area contributed by atoms with Crippen molar-refractivity contribution < 1.29 is 8.42 Å². The van der Waals surface area contributed by atoms with Gasteiger partial charge in [-0.2, -0.15) is 0 Å². The lowest BCUT2D eigenvalue weighted by atomic mass is 10.1. The second kappa shape index (κ2) is 7.70. The van der Waals surface area contributed by atoms with Gasteiger partial charge in [0.1, 0.15) is 5.01 Å². The summed E-state index contributed by atoms with van der Waals surface area (Å²) in [4.78, 5) is 4.95. The average Bonchev–Trinajstić information content (AvgIpc) is 3.07. The fourth-order valence-electron chi connectivity index (χ4n) is 2.75. The van der Waals surface area contributed by atoms with E-state index in [-0.39, 0.29) is 0 Å². The number of sulfonamides is 1. The van der Waals surface area contributed by atoms with E-state index in [0.717, 1.165) is 33.0 Å². The third-order valence-electron chi connectivity index (χ3n) is 4.33. The Kier molecular flexibility index (Phi) is 5.55. The molecule has 6 heteroatoms. The molecule has 0 spiro atoms. The number of hydrogen-bond acceptors (Lipinski definition) is 4. The third-order valence-corrected chi connectivity index (χ3v) is 6.87. The number of aryl methyl sites for hydroxylation is 3. The summed E-state index contributed by atoms with van der Waals surface area (Å²) in [6.45, 7) is 6.06. The van der Waals surface area contributed by atoms with Gasteiger partial charge in [0.05, 0.1) is 10.6 Å². The van der Waals surface area contributed by atoms with E-state index in [2.05, 4.69) is 9.71 Å². The number of hydrogen-bond donors (Lipinski definition) is 1. The predicted octanol–water partition coefficient (Wildman–Crippen LogP) is 4.26. The van der Waals surface area contributed by atoms with Crippen LogP contribution in [0.4, 0.5) is 0 Å². The molecule has 1 heterocycles. The molecule has 0 fully saturated rings. The lowest BCUT2D eigenvalue weighted by molar-refractivity contribution is 0.580. The minimum atomic E-state index is -3.52. The quantitative estimate of drug-likeness (QED) is 0.689. The molecule has 0 bridgehead atoms. The number of nitrogens with one attached hydrogen (secondary N) is 1. The van der Waals surface area contributed by atoms with Crippen molar-refractivity contribution in [3.05, 3.63) is 70.2 Å². The van der Waals surface area contributed by atoms with Crippen molar-refractivity contribution in [1.29, 1.82) is 0 Å². The Labute approximate surface area is 159 Å². The maximum atomic E-state index is 12.6. The maximum absolute atomic E-state index is 12.6. The molecule has 0 aliphatic carbocycles. The Morgan fingerprint density at radius 1 is 1.00 bits per heavy atom. The van der Waals surface area contributed by atoms with Gasteiger partial charge in [0.2, 0.25) is 10.0 Å². The van der Waals surface area contributed by atoms with Gasteiger partial charge >= 0.3 is 0 Å². The highest BCUT2D eigenvalue weighted by Gasteiger charge is 2.17. The summed E-state index contributed by atoms with van der Waals surface area (Å²) in [5, 5.41) is 2.94. The average molecular weight is 387 g/mol. The molecule has 26 heavy (non-hydrogen) atoms. The van der Waals surface area contributed by atoms with Gasteiger partial charge in [0, 0.05) is 23.9 Å². The topological polar surface area (TPSA) is 59.1 Å². The highest BCUT2D eigenvalue weighted by Crippen LogP contribution is 2.23. The summed E-state index contributed by atoms with van der Waals surface area (Å²) in [7, 11) is -3.52. The molecule has 136 valence electrons. The molecular formula is C20H22N2O2S2. The minimum absolute atomic E-state index is 0.326. The van der Waals surface area contributed by atoms with Gasteiger partial charge in [-0.3, -0.25) is 0 Å². The molecule has 0 aliphatic rings. The molecule has 3 rings (SSSR count). The zero-order chi connectivity index (χ0) is 18.7. The zero-order valence-corrected chi connectivity index (χ0v) is 16.7. The number of rotatable bonds is 6. The summed E-state index contributed by atoms with van der Waals surface area (Å²) < 4.78 is 27.9. The number of aromatic nitrogens is 1. The van der Waals surface area contributed by atoms with Crippen molar-refractivity contribution in [1.82, 2.24) is 9.71 Å². The molecule has 3 aromatic rings. The van der Waals surface area contributed by atoms with Gasteiger partial charge in [-0.25, -0.2) is 18.1 Å². The van der Waals surface area contributed by atoms with Crippen molar-refractivity contribution in [2.45, 2.75) is 32.1 Å². The molecular weight excluding hydrogens is 364 g/mol. The lowest BCUT2D eigenvalue weighted by Gasteiger charge is -2.11. The Morgan fingerprint density at radius 3 is 2.42 bits per heavy atom.